The molecule has 41 heavy (non-hydrogen) atoms. The molecule has 0 aromatic heterocycles. The van der Waals surface area contributed by atoms with Crippen LogP contribution < -0.4 is 20.5 Å². The first kappa shape index (κ1) is 28.4. The molecule has 1 amide bonds. The van der Waals surface area contributed by atoms with Crippen LogP contribution in [0.4, 0.5) is 0 Å². The molecule has 3 aromatic carbocycles. The molecule has 3 aromatic rings. The third kappa shape index (κ3) is 5.70. The summed E-state index contributed by atoms with van der Waals surface area (Å²) in [6.45, 7) is 3.31. The smallest absolute Gasteiger partial charge is 0.340 e. The Bertz CT molecular complexity index is 1430. The average Bonchev–Trinajstić information content (AvgIpc) is 3.27. The molecule has 4 N–H and O–H groups in total. The predicted octanol–water partition coefficient (Wildman–Crippen LogP) is 2.71. The fraction of sp³-hybridized carbons (Fsp3) is 0.333. The molecule has 0 bridgehead atoms. The number of aromatic hydroxyl groups is 1. The fourth-order valence-corrected chi connectivity index (χ4v) is 4.92. The molecule has 1 spiro atoms. The molecule has 0 saturated carbocycles. The maximum Gasteiger partial charge on any atom is 0.340 e. The summed E-state index contributed by atoms with van der Waals surface area (Å²) in [5.74, 6) is 0.412. The molecule has 2 aliphatic heterocycles. The van der Waals surface area contributed by atoms with E-state index in [4.69, 9.17) is 34.2 Å². The Kier molecular flexibility index (Phi) is 8.70. The summed E-state index contributed by atoms with van der Waals surface area (Å²) < 4.78 is 33.7. The number of esters is 1. The van der Waals surface area contributed by atoms with E-state index in [1.165, 1.54) is 19.2 Å². The zero-order chi connectivity index (χ0) is 28.8. The van der Waals surface area contributed by atoms with Gasteiger partial charge in [0.2, 0.25) is 0 Å². The number of fused-ring (bicyclic) bond motifs is 6. The van der Waals surface area contributed by atoms with Crippen molar-refractivity contribution in [3.63, 3.8) is 0 Å². The van der Waals surface area contributed by atoms with Crippen molar-refractivity contribution in [1.29, 1.82) is 0 Å². The van der Waals surface area contributed by atoms with Gasteiger partial charge in [0.25, 0.3) is 5.91 Å². The highest BCUT2D eigenvalue weighted by molar-refractivity contribution is 6.00. The second-order valence-corrected chi connectivity index (χ2v) is 9.36. The SMILES string of the molecule is COc1ccc2c(c1)Oc1cc(O)ccc1C21OC(=O)c2ccc(C(=O)NCCOCCOCCOCCN)cc21. The standard InChI is InChI=1S/C30H32N2O9/c1-36-21-4-7-24-27(18-21)40-26-17-20(33)3-6-23(26)30(24)25-16-19(2-5-22(25)29(35)41-30)28(34)32-9-11-38-13-15-39-14-12-37-10-8-31/h2-7,16-18,33H,8-15,31H2,1H3,(H,32,34). The third-order valence-electron chi connectivity index (χ3n) is 6.80. The second-order valence-electron chi connectivity index (χ2n) is 9.36. The minimum Gasteiger partial charge on any atom is -0.508 e. The number of amides is 1. The van der Waals surface area contributed by atoms with Crippen LogP contribution in [0, 0.1) is 0 Å². The van der Waals surface area contributed by atoms with Gasteiger partial charge in [0.1, 0.15) is 23.0 Å². The number of nitrogens with one attached hydrogen (secondary N) is 1. The summed E-state index contributed by atoms with van der Waals surface area (Å²) in [6, 6.07) is 14.7. The lowest BCUT2D eigenvalue weighted by Crippen LogP contribution is -2.33. The lowest BCUT2D eigenvalue weighted by Gasteiger charge is -2.36. The molecule has 1 unspecified atom stereocenters. The van der Waals surface area contributed by atoms with Gasteiger partial charge in [0.15, 0.2) is 5.60 Å². The van der Waals surface area contributed by atoms with Gasteiger partial charge in [0, 0.05) is 47.5 Å². The van der Waals surface area contributed by atoms with Crippen molar-refractivity contribution in [3.8, 4) is 23.0 Å². The van der Waals surface area contributed by atoms with Gasteiger partial charge >= 0.3 is 5.97 Å². The number of benzene rings is 3. The van der Waals surface area contributed by atoms with E-state index in [1.54, 1.807) is 42.5 Å². The van der Waals surface area contributed by atoms with E-state index in [2.05, 4.69) is 5.32 Å². The molecule has 5 rings (SSSR count). The number of hydrogen-bond donors (Lipinski definition) is 3. The number of rotatable bonds is 13. The molecule has 0 radical (unpaired) electrons. The monoisotopic (exact) mass is 564 g/mol. The van der Waals surface area contributed by atoms with Crippen molar-refractivity contribution in [1.82, 2.24) is 5.32 Å². The lowest BCUT2D eigenvalue weighted by molar-refractivity contribution is 0.0166. The Morgan fingerprint density at radius 3 is 2.29 bits per heavy atom. The molecular weight excluding hydrogens is 532 g/mol. The van der Waals surface area contributed by atoms with Crippen LogP contribution >= 0.6 is 0 Å². The molecule has 0 aliphatic carbocycles. The van der Waals surface area contributed by atoms with Crippen LogP contribution in [0.2, 0.25) is 0 Å². The van der Waals surface area contributed by atoms with Crippen molar-refractivity contribution in [2.24, 2.45) is 5.73 Å². The van der Waals surface area contributed by atoms with Gasteiger partial charge in [-0.25, -0.2) is 4.79 Å². The molecule has 11 heteroatoms. The highest BCUT2D eigenvalue weighted by atomic mass is 16.6. The summed E-state index contributed by atoms with van der Waals surface area (Å²) in [5, 5.41) is 13.0. The van der Waals surface area contributed by atoms with E-state index in [-0.39, 0.29) is 18.2 Å². The van der Waals surface area contributed by atoms with E-state index in [0.717, 1.165) is 0 Å². The summed E-state index contributed by atoms with van der Waals surface area (Å²) in [6.07, 6.45) is 0. The molecule has 0 saturated heterocycles. The van der Waals surface area contributed by atoms with Crippen molar-refractivity contribution in [2.45, 2.75) is 5.60 Å². The summed E-state index contributed by atoms with van der Waals surface area (Å²) >= 11 is 0. The molecule has 2 aliphatic rings. The first-order valence-corrected chi connectivity index (χ1v) is 13.3. The summed E-state index contributed by atoms with van der Waals surface area (Å²) in [4.78, 5) is 26.2. The zero-order valence-electron chi connectivity index (χ0n) is 22.6. The zero-order valence-corrected chi connectivity index (χ0v) is 22.6. The third-order valence-corrected chi connectivity index (χ3v) is 6.80. The molecule has 216 valence electrons. The number of nitrogens with two attached hydrogens (primary N) is 1. The van der Waals surface area contributed by atoms with Gasteiger partial charge in [-0.1, -0.05) is 0 Å². The second kappa shape index (κ2) is 12.6. The summed E-state index contributed by atoms with van der Waals surface area (Å²) in [7, 11) is 1.54. The van der Waals surface area contributed by atoms with Crippen molar-refractivity contribution in [2.75, 3.05) is 59.8 Å². The Labute approximate surface area is 237 Å². The number of methoxy groups -OCH3 is 1. The first-order chi connectivity index (χ1) is 20.0. The number of phenols is 1. The van der Waals surface area contributed by atoms with Gasteiger partial charge in [-0.3, -0.25) is 4.79 Å². The van der Waals surface area contributed by atoms with Crippen LogP contribution in [0.15, 0.2) is 54.6 Å². The number of carbonyl (C=O) groups is 2. The molecule has 2 heterocycles. The van der Waals surface area contributed by atoms with Gasteiger partial charge in [0.05, 0.1) is 52.3 Å². The Balaban J connectivity index is 1.31. The maximum atomic E-state index is 13.1. The Morgan fingerprint density at radius 2 is 1.56 bits per heavy atom. The number of phenolic OH excluding ortho intramolecular Hbond substituents is 1. The number of carbonyl (C=O) groups excluding carboxylic acids is 2. The first-order valence-electron chi connectivity index (χ1n) is 13.3. The number of ether oxygens (including phenoxy) is 6. The normalized spacial score (nSPS) is 16.4. The van der Waals surface area contributed by atoms with Crippen LogP contribution in [0.1, 0.15) is 37.4 Å². The van der Waals surface area contributed by atoms with Gasteiger partial charge in [-0.15, -0.1) is 0 Å². The topological polar surface area (TPSA) is 148 Å². The minimum absolute atomic E-state index is 0.00627. The molecular formula is C30H32N2O9. The lowest BCUT2D eigenvalue weighted by atomic mass is 9.77. The largest absolute Gasteiger partial charge is 0.508 e. The van der Waals surface area contributed by atoms with Crippen LogP contribution in [-0.2, 0) is 24.5 Å². The quantitative estimate of drug-likeness (QED) is 0.209. The highest BCUT2D eigenvalue weighted by Gasteiger charge is 2.53. The van der Waals surface area contributed by atoms with Gasteiger partial charge < -0.3 is 44.6 Å². The van der Waals surface area contributed by atoms with E-state index in [9.17, 15) is 14.7 Å². The Morgan fingerprint density at radius 1 is 0.878 bits per heavy atom. The molecule has 1 atom stereocenters. The van der Waals surface area contributed by atoms with Crippen LogP contribution in [0.3, 0.4) is 0 Å². The van der Waals surface area contributed by atoms with Crippen LogP contribution in [-0.4, -0.2) is 76.8 Å². The Hall–Kier alpha value is -4.16. The van der Waals surface area contributed by atoms with Crippen LogP contribution in [0.25, 0.3) is 0 Å². The highest BCUT2D eigenvalue weighted by Crippen LogP contribution is 2.57. The van der Waals surface area contributed by atoms with E-state index in [1.807, 2.05) is 0 Å². The van der Waals surface area contributed by atoms with E-state index < -0.39 is 11.6 Å². The predicted molar refractivity (Wildman–Crippen MR) is 147 cm³/mol. The van der Waals surface area contributed by atoms with Gasteiger partial charge in [-0.05, 0) is 42.5 Å². The maximum absolute atomic E-state index is 13.1. The van der Waals surface area contributed by atoms with E-state index in [0.29, 0.717) is 91.3 Å². The summed E-state index contributed by atoms with van der Waals surface area (Å²) in [5.41, 5.74) is 6.26. The van der Waals surface area contributed by atoms with Gasteiger partial charge in [-0.2, -0.15) is 0 Å². The van der Waals surface area contributed by atoms with Crippen molar-refractivity contribution >= 4 is 11.9 Å². The molecule has 11 nitrogen and oxygen atoms in total. The van der Waals surface area contributed by atoms with Crippen LogP contribution in [0.5, 0.6) is 23.0 Å². The fourth-order valence-electron chi connectivity index (χ4n) is 4.92. The van der Waals surface area contributed by atoms with E-state index >= 15 is 0 Å². The minimum atomic E-state index is -1.38. The average molecular weight is 565 g/mol. The molecule has 0 fully saturated rings. The van der Waals surface area contributed by atoms with Crippen molar-refractivity contribution in [3.05, 3.63) is 82.4 Å². The van der Waals surface area contributed by atoms with Crippen molar-refractivity contribution < 1.29 is 43.1 Å². The number of hydrogen-bond acceptors (Lipinski definition) is 10.